The van der Waals surface area contributed by atoms with Crippen molar-refractivity contribution in [3.63, 3.8) is 0 Å². The van der Waals surface area contributed by atoms with Crippen LogP contribution in [0, 0.1) is 0 Å². The Kier molecular flexibility index (Phi) is 6.81. The summed E-state index contributed by atoms with van der Waals surface area (Å²) >= 11 is 0. The molecule has 2 aromatic heterocycles. The molecule has 0 aliphatic heterocycles. The van der Waals surface area contributed by atoms with E-state index in [-0.39, 0.29) is 0 Å². The van der Waals surface area contributed by atoms with Crippen LogP contribution in [0.25, 0.3) is 71.7 Å². The van der Waals surface area contributed by atoms with E-state index in [1.807, 2.05) is 6.07 Å². The fourth-order valence-corrected chi connectivity index (χ4v) is 7.74. The van der Waals surface area contributed by atoms with E-state index in [1.54, 1.807) is 0 Å². The Hall–Kier alpha value is -6.84. The third-order valence-electron chi connectivity index (χ3n) is 10.0. The number of nitrogens with zero attached hydrogens (tertiary/aromatic N) is 2. The van der Waals surface area contributed by atoms with E-state index < -0.39 is 0 Å². The number of fused-ring (bicyclic) bond motifs is 6. The number of hydrogen-bond acceptors (Lipinski definition) is 2. The minimum Gasteiger partial charge on any atom is -0.455 e. The van der Waals surface area contributed by atoms with Crippen molar-refractivity contribution in [2.24, 2.45) is 0 Å². The topological polar surface area (TPSA) is 21.3 Å². The van der Waals surface area contributed by atoms with Crippen LogP contribution >= 0.6 is 0 Å². The van der Waals surface area contributed by atoms with Crippen LogP contribution in [0.1, 0.15) is 0 Å². The molecule has 8 aromatic carbocycles. The molecule has 0 N–H and O–H groups in total. The Morgan fingerprint density at radius 3 is 1.82 bits per heavy atom. The van der Waals surface area contributed by atoms with Crippen LogP contribution in [0.2, 0.25) is 0 Å². The highest BCUT2D eigenvalue weighted by Gasteiger charge is 2.24. The van der Waals surface area contributed by atoms with Crippen molar-refractivity contribution in [1.29, 1.82) is 0 Å². The van der Waals surface area contributed by atoms with Gasteiger partial charge in [0, 0.05) is 44.0 Å². The van der Waals surface area contributed by atoms with Crippen molar-refractivity contribution in [3.8, 4) is 27.9 Å². The van der Waals surface area contributed by atoms with Gasteiger partial charge in [-0.05, 0) is 65.7 Å². The summed E-state index contributed by atoms with van der Waals surface area (Å²) in [6, 6.07) is 69.1. The van der Waals surface area contributed by atoms with E-state index in [0.29, 0.717) is 0 Å². The summed E-state index contributed by atoms with van der Waals surface area (Å²) in [7, 11) is 0. The highest BCUT2D eigenvalue weighted by Crippen LogP contribution is 2.48. The van der Waals surface area contributed by atoms with Crippen molar-refractivity contribution in [3.05, 3.63) is 194 Å². The van der Waals surface area contributed by atoms with Gasteiger partial charge in [-0.2, -0.15) is 0 Å². The quantitative estimate of drug-likeness (QED) is 0.178. The van der Waals surface area contributed by atoms with Gasteiger partial charge in [0.05, 0.1) is 22.4 Å². The van der Waals surface area contributed by atoms with E-state index in [1.165, 1.54) is 27.4 Å². The maximum absolute atomic E-state index is 6.61. The molecule has 0 saturated heterocycles. The summed E-state index contributed by atoms with van der Waals surface area (Å²) in [6.45, 7) is 0. The van der Waals surface area contributed by atoms with Crippen molar-refractivity contribution < 1.29 is 4.42 Å². The molecule has 10 rings (SSSR count). The molecule has 2 heterocycles. The van der Waals surface area contributed by atoms with Crippen molar-refractivity contribution >= 4 is 60.8 Å². The van der Waals surface area contributed by atoms with Crippen molar-refractivity contribution in [2.45, 2.75) is 0 Å². The molecule has 51 heavy (non-hydrogen) atoms. The molecule has 240 valence electrons. The van der Waals surface area contributed by atoms with E-state index in [4.69, 9.17) is 4.42 Å². The van der Waals surface area contributed by atoms with Crippen LogP contribution in [-0.2, 0) is 0 Å². The van der Waals surface area contributed by atoms with Crippen molar-refractivity contribution in [1.82, 2.24) is 4.57 Å². The lowest BCUT2D eigenvalue weighted by Gasteiger charge is -2.29. The normalized spacial score (nSPS) is 11.5. The number of aromatic nitrogens is 1. The first-order chi connectivity index (χ1) is 25.3. The summed E-state index contributed by atoms with van der Waals surface area (Å²) in [5.41, 5.74) is 13.0. The second kappa shape index (κ2) is 11.9. The van der Waals surface area contributed by atoms with E-state index in [2.05, 4.69) is 198 Å². The van der Waals surface area contributed by atoms with E-state index in [0.717, 1.165) is 61.3 Å². The lowest BCUT2D eigenvalue weighted by atomic mass is 9.98. The zero-order valence-electron chi connectivity index (χ0n) is 27.8. The lowest BCUT2D eigenvalue weighted by Crippen LogP contribution is -2.11. The van der Waals surface area contributed by atoms with Gasteiger partial charge >= 0.3 is 0 Å². The Morgan fingerprint density at radius 1 is 0.392 bits per heavy atom. The minimum absolute atomic E-state index is 0.893. The monoisotopic (exact) mass is 652 g/mol. The molecule has 0 radical (unpaired) electrons. The minimum atomic E-state index is 0.893. The average molecular weight is 653 g/mol. The van der Waals surface area contributed by atoms with Crippen LogP contribution in [-0.4, -0.2) is 4.57 Å². The van der Waals surface area contributed by atoms with Crippen LogP contribution in [0.15, 0.2) is 199 Å². The van der Waals surface area contributed by atoms with Crippen LogP contribution < -0.4 is 4.90 Å². The van der Waals surface area contributed by atoms with E-state index >= 15 is 0 Å². The predicted octanol–water partition coefficient (Wildman–Crippen LogP) is 13.5. The van der Waals surface area contributed by atoms with Gasteiger partial charge in [-0.15, -0.1) is 0 Å². The smallest absolute Gasteiger partial charge is 0.143 e. The van der Waals surface area contributed by atoms with E-state index in [9.17, 15) is 0 Å². The van der Waals surface area contributed by atoms with Gasteiger partial charge in [0.25, 0.3) is 0 Å². The lowest BCUT2D eigenvalue weighted by molar-refractivity contribution is 0.670. The average Bonchev–Trinajstić information content (AvgIpc) is 3.76. The first-order valence-corrected chi connectivity index (χ1v) is 17.4. The predicted molar refractivity (Wildman–Crippen MR) is 214 cm³/mol. The second-order valence-electron chi connectivity index (χ2n) is 12.9. The highest BCUT2D eigenvalue weighted by atomic mass is 16.3. The number of furan rings is 1. The van der Waals surface area contributed by atoms with Gasteiger partial charge in [0.2, 0.25) is 0 Å². The second-order valence-corrected chi connectivity index (χ2v) is 12.9. The first-order valence-electron chi connectivity index (χ1n) is 17.4. The SMILES string of the molecule is c1ccc(-c2ccc(N(c3ccccc3-c3cccc4c3oc3ccccc34)c3cccc4c3c3ccccc3n4-c3ccccc3)cc2)cc1. The Bertz CT molecular complexity index is 2850. The standard InChI is InChI=1S/C48H32N2O/c1-3-15-33(16-4-1)34-29-31-36(32-30-34)50(42-24-10-7-19-37(42)39-22-13-23-40-38-20-9-12-28-46(38)51-48(39)40)45-27-14-26-44-47(45)41-21-8-11-25-43(41)49(44)35-17-5-2-6-18-35/h1-32H. The molecule has 0 unspecified atom stereocenters. The van der Waals surface area contributed by atoms with Gasteiger partial charge in [0.1, 0.15) is 11.2 Å². The summed E-state index contributed by atoms with van der Waals surface area (Å²) in [5, 5.41) is 4.64. The number of anilines is 3. The maximum atomic E-state index is 6.61. The number of rotatable bonds is 6. The largest absolute Gasteiger partial charge is 0.455 e. The summed E-state index contributed by atoms with van der Waals surface area (Å²) in [6.07, 6.45) is 0. The Labute approximate surface area is 295 Å². The Balaban J connectivity index is 1.26. The zero-order valence-corrected chi connectivity index (χ0v) is 27.8. The molecule has 0 saturated carbocycles. The molecule has 0 bridgehead atoms. The van der Waals surface area contributed by atoms with Crippen molar-refractivity contribution in [2.75, 3.05) is 4.90 Å². The van der Waals surface area contributed by atoms with Crippen LogP contribution in [0.5, 0.6) is 0 Å². The maximum Gasteiger partial charge on any atom is 0.143 e. The number of benzene rings is 8. The van der Waals surface area contributed by atoms with Gasteiger partial charge in [-0.25, -0.2) is 0 Å². The zero-order chi connectivity index (χ0) is 33.7. The molecule has 3 heteroatoms. The molecule has 10 aromatic rings. The van der Waals surface area contributed by atoms with Gasteiger partial charge in [-0.1, -0.05) is 140 Å². The number of hydrogen-bond donors (Lipinski definition) is 0. The fourth-order valence-electron chi connectivity index (χ4n) is 7.74. The van der Waals surface area contributed by atoms with Gasteiger partial charge < -0.3 is 13.9 Å². The molecular weight excluding hydrogens is 621 g/mol. The summed E-state index contributed by atoms with van der Waals surface area (Å²) in [5.74, 6) is 0. The molecule has 0 amide bonds. The summed E-state index contributed by atoms with van der Waals surface area (Å²) in [4.78, 5) is 2.43. The fraction of sp³-hybridized carbons (Fsp3) is 0. The highest BCUT2D eigenvalue weighted by molar-refractivity contribution is 6.17. The Morgan fingerprint density at radius 2 is 0.980 bits per heavy atom. The van der Waals surface area contributed by atoms with Gasteiger partial charge in [-0.3, -0.25) is 0 Å². The molecular formula is C48H32N2O. The molecule has 0 fully saturated rings. The molecule has 0 aliphatic rings. The van der Waals surface area contributed by atoms with Crippen LogP contribution in [0.4, 0.5) is 17.1 Å². The van der Waals surface area contributed by atoms with Gasteiger partial charge in [0.15, 0.2) is 0 Å². The third-order valence-corrected chi connectivity index (χ3v) is 10.0. The molecule has 0 aliphatic carbocycles. The first kappa shape index (κ1) is 29.1. The summed E-state index contributed by atoms with van der Waals surface area (Å²) < 4.78 is 8.99. The van der Waals surface area contributed by atoms with Crippen LogP contribution in [0.3, 0.4) is 0 Å². The third kappa shape index (κ3) is 4.74. The molecule has 3 nitrogen and oxygen atoms in total. The molecule has 0 atom stereocenters. The number of para-hydroxylation sites is 5. The molecule has 0 spiro atoms.